The highest BCUT2D eigenvalue weighted by atomic mass is 32.1. The zero-order valence-electron chi connectivity index (χ0n) is 8.86. The van der Waals surface area contributed by atoms with Gasteiger partial charge in [0.25, 0.3) is 0 Å². The second-order valence-corrected chi connectivity index (χ2v) is 3.50. The molecule has 4 nitrogen and oxygen atoms in total. The van der Waals surface area contributed by atoms with E-state index in [1.54, 1.807) is 18.2 Å². The summed E-state index contributed by atoms with van der Waals surface area (Å²) < 4.78 is 5.08. The molecule has 0 unspecified atom stereocenters. The molecular formula is C11H12N2O2S. The van der Waals surface area contributed by atoms with Crippen LogP contribution in [0.5, 0.6) is 5.75 Å². The molecule has 0 radical (unpaired) electrons. The Kier molecular flexibility index (Phi) is 4.67. The number of nitrogens with one attached hydrogen (secondary N) is 1. The summed E-state index contributed by atoms with van der Waals surface area (Å²) >= 11 is 3.97. The first-order valence-electron chi connectivity index (χ1n) is 4.70. The van der Waals surface area contributed by atoms with Gasteiger partial charge < -0.3 is 10.1 Å². The molecule has 1 N–H and O–H groups in total. The standard InChI is InChI=1S/C11H12N2O2S/c1-15-10-6-8(7-12)2-3-9(10)13-11(14)4-5-16/h2-3,6,16H,4-5H2,1H3,(H,13,14). The fourth-order valence-electron chi connectivity index (χ4n) is 1.18. The maximum atomic E-state index is 11.4. The van der Waals surface area contributed by atoms with Gasteiger partial charge in [0, 0.05) is 12.5 Å². The van der Waals surface area contributed by atoms with Gasteiger partial charge in [-0.15, -0.1) is 0 Å². The first kappa shape index (κ1) is 12.4. The number of benzene rings is 1. The average molecular weight is 236 g/mol. The van der Waals surface area contributed by atoms with E-state index < -0.39 is 0 Å². The van der Waals surface area contributed by atoms with E-state index in [9.17, 15) is 4.79 Å². The molecule has 0 bridgehead atoms. The second-order valence-electron chi connectivity index (χ2n) is 3.05. The summed E-state index contributed by atoms with van der Waals surface area (Å²) in [4.78, 5) is 11.4. The summed E-state index contributed by atoms with van der Waals surface area (Å²) in [5.74, 6) is 0.842. The van der Waals surface area contributed by atoms with Crippen LogP contribution >= 0.6 is 12.6 Å². The fourth-order valence-corrected chi connectivity index (χ4v) is 1.38. The minimum absolute atomic E-state index is 0.127. The number of carbonyl (C=O) groups excluding carboxylic acids is 1. The van der Waals surface area contributed by atoms with E-state index in [1.165, 1.54) is 7.11 Å². The number of ether oxygens (including phenoxy) is 1. The maximum Gasteiger partial charge on any atom is 0.225 e. The molecule has 0 aliphatic heterocycles. The Morgan fingerprint density at radius 1 is 1.62 bits per heavy atom. The van der Waals surface area contributed by atoms with E-state index in [2.05, 4.69) is 17.9 Å². The Hall–Kier alpha value is -1.67. The van der Waals surface area contributed by atoms with E-state index >= 15 is 0 Å². The molecule has 0 heterocycles. The van der Waals surface area contributed by atoms with Gasteiger partial charge in [0.1, 0.15) is 5.75 Å². The minimum Gasteiger partial charge on any atom is -0.495 e. The minimum atomic E-state index is -0.127. The molecule has 0 spiro atoms. The van der Waals surface area contributed by atoms with E-state index in [4.69, 9.17) is 10.00 Å². The lowest BCUT2D eigenvalue weighted by molar-refractivity contribution is -0.115. The van der Waals surface area contributed by atoms with Crippen molar-refractivity contribution in [3.63, 3.8) is 0 Å². The van der Waals surface area contributed by atoms with Crippen LogP contribution in [-0.4, -0.2) is 18.8 Å². The van der Waals surface area contributed by atoms with E-state index in [0.717, 1.165) is 0 Å². The molecule has 0 aliphatic rings. The number of hydrogen-bond acceptors (Lipinski definition) is 4. The lowest BCUT2D eigenvalue weighted by atomic mass is 10.2. The van der Waals surface area contributed by atoms with E-state index in [0.29, 0.717) is 29.2 Å². The Morgan fingerprint density at radius 3 is 2.94 bits per heavy atom. The summed E-state index contributed by atoms with van der Waals surface area (Å²) in [5.41, 5.74) is 1.05. The summed E-state index contributed by atoms with van der Waals surface area (Å²) in [6.07, 6.45) is 0.340. The van der Waals surface area contributed by atoms with Crippen molar-refractivity contribution < 1.29 is 9.53 Å². The number of amides is 1. The molecule has 0 aliphatic carbocycles. The number of thiol groups is 1. The van der Waals surface area contributed by atoms with Gasteiger partial charge in [-0.1, -0.05) is 0 Å². The Morgan fingerprint density at radius 2 is 2.38 bits per heavy atom. The normalized spacial score (nSPS) is 9.31. The van der Waals surface area contributed by atoms with Gasteiger partial charge in [-0.3, -0.25) is 4.79 Å². The predicted octanol–water partition coefficient (Wildman–Crippen LogP) is 1.83. The van der Waals surface area contributed by atoms with Crippen LogP contribution in [0.1, 0.15) is 12.0 Å². The number of rotatable bonds is 4. The maximum absolute atomic E-state index is 11.4. The largest absolute Gasteiger partial charge is 0.495 e. The molecule has 16 heavy (non-hydrogen) atoms. The number of nitrogens with zero attached hydrogens (tertiary/aromatic N) is 1. The third kappa shape index (κ3) is 3.17. The molecule has 0 saturated heterocycles. The van der Waals surface area contributed by atoms with Crippen LogP contribution < -0.4 is 10.1 Å². The Labute approximate surface area is 99.6 Å². The average Bonchev–Trinajstić information content (AvgIpc) is 2.30. The fraction of sp³-hybridized carbons (Fsp3) is 0.273. The summed E-state index contributed by atoms with van der Waals surface area (Å²) in [6.45, 7) is 0. The van der Waals surface area contributed by atoms with Gasteiger partial charge >= 0.3 is 0 Å². The molecule has 0 atom stereocenters. The van der Waals surface area contributed by atoms with Crippen molar-refractivity contribution in [1.29, 1.82) is 5.26 Å². The van der Waals surface area contributed by atoms with Crippen molar-refractivity contribution >= 4 is 24.2 Å². The predicted molar refractivity (Wildman–Crippen MR) is 64.8 cm³/mol. The molecule has 1 aromatic carbocycles. The van der Waals surface area contributed by atoms with Crippen molar-refractivity contribution in [1.82, 2.24) is 0 Å². The van der Waals surface area contributed by atoms with Gasteiger partial charge in [-0.2, -0.15) is 17.9 Å². The monoisotopic (exact) mass is 236 g/mol. The van der Waals surface area contributed by atoms with Crippen molar-refractivity contribution in [3.05, 3.63) is 23.8 Å². The van der Waals surface area contributed by atoms with Crippen LogP contribution in [-0.2, 0) is 4.79 Å². The first-order valence-corrected chi connectivity index (χ1v) is 5.33. The van der Waals surface area contributed by atoms with Crippen molar-refractivity contribution in [2.24, 2.45) is 0 Å². The molecule has 1 aromatic rings. The third-order valence-corrected chi connectivity index (χ3v) is 2.17. The smallest absolute Gasteiger partial charge is 0.225 e. The molecule has 1 amide bonds. The van der Waals surface area contributed by atoms with Crippen LogP contribution in [0, 0.1) is 11.3 Å². The van der Waals surface area contributed by atoms with Gasteiger partial charge in [0.2, 0.25) is 5.91 Å². The highest BCUT2D eigenvalue weighted by Crippen LogP contribution is 2.25. The van der Waals surface area contributed by atoms with Gasteiger partial charge in [-0.05, 0) is 17.9 Å². The molecular weight excluding hydrogens is 224 g/mol. The number of nitriles is 1. The topological polar surface area (TPSA) is 62.1 Å². The van der Waals surface area contributed by atoms with Gasteiger partial charge in [0.05, 0.1) is 24.4 Å². The van der Waals surface area contributed by atoms with Crippen molar-refractivity contribution in [2.75, 3.05) is 18.2 Å². The van der Waals surface area contributed by atoms with Gasteiger partial charge in [0.15, 0.2) is 0 Å². The van der Waals surface area contributed by atoms with E-state index in [-0.39, 0.29) is 5.91 Å². The SMILES string of the molecule is COc1cc(C#N)ccc1NC(=O)CCS. The molecule has 84 valence electrons. The van der Waals surface area contributed by atoms with Crippen LogP contribution in [0.25, 0.3) is 0 Å². The van der Waals surface area contributed by atoms with Crippen LogP contribution in [0.3, 0.4) is 0 Å². The lowest BCUT2D eigenvalue weighted by Gasteiger charge is -2.09. The quantitative estimate of drug-likeness (QED) is 0.784. The van der Waals surface area contributed by atoms with Crippen molar-refractivity contribution in [2.45, 2.75) is 6.42 Å². The van der Waals surface area contributed by atoms with E-state index in [1.807, 2.05) is 6.07 Å². The highest BCUT2D eigenvalue weighted by Gasteiger charge is 2.07. The van der Waals surface area contributed by atoms with Gasteiger partial charge in [-0.25, -0.2) is 0 Å². The highest BCUT2D eigenvalue weighted by molar-refractivity contribution is 7.80. The first-order chi connectivity index (χ1) is 7.71. The number of hydrogen-bond donors (Lipinski definition) is 2. The van der Waals surface area contributed by atoms with Crippen LogP contribution in [0.2, 0.25) is 0 Å². The zero-order valence-corrected chi connectivity index (χ0v) is 9.75. The second kappa shape index (κ2) is 6.03. The Balaban J connectivity index is 2.88. The number of methoxy groups -OCH3 is 1. The Bertz CT molecular complexity index is 426. The summed E-state index contributed by atoms with van der Waals surface area (Å²) in [5, 5.41) is 11.4. The molecule has 0 fully saturated rings. The summed E-state index contributed by atoms with van der Waals surface area (Å²) in [7, 11) is 1.49. The third-order valence-electron chi connectivity index (χ3n) is 1.94. The molecule has 1 rings (SSSR count). The lowest BCUT2D eigenvalue weighted by Crippen LogP contribution is -2.12. The molecule has 0 aromatic heterocycles. The zero-order chi connectivity index (χ0) is 12.0. The number of anilines is 1. The van der Waals surface area contributed by atoms with Crippen LogP contribution in [0.15, 0.2) is 18.2 Å². The number of carbonyl (C=O) groups is 1. The molecule has 5 heteroatoms. The molecule has 0 saturated carbocycles. The van der Waals surface area contributed by atoms with Crippen molar-refractivity contribution in [3.8, 4) is 11.8 Å². The summed E-state index contributed by atoms with van der Waals surface area (Å²) in [6, 6.07) is 6.85. The van der Waals surface area contributed by atoms with Crippen LogP contribution in [0.4, 0.5) is 5.69 Å².